The molecule has 7 heteroatoms. The summed E-state index contributed by atoms with van der Waals surface area (Å²) >= 11 is 3.23. The Morgan fingerprint density at radius 3 is 2.46 bits per heavy atom. The normalized spacial score (nSPS) is 30.7. The molecule has 124 valence electrons. The minimum atomic E-state index is -0.282. The topological polar surface area (TPSA) is 79.2 Å². The lowest BCUT2D eigenvalue weighted by Crippen LogP contribution is -2.28. The monoisotopic (exact) mass is 390 g/mol. The molecular formula is C17H15BrN2O4. The van der Waals surface area contributed by atoms with Gasteiger partial charge in [0.1, 0.15) is 11.5 Å². The van der Waals surface area contributed by atoms with Crippen molar-refractivity contribution >= 4 is 34.0 Å². The molecule has 1 N–H and O–H groups in total. The number of ether oxygens (including phenoxy) is 1. The summed E-state index contributed by atoms with van der Waals surface area (Å²) in [6, 6.07) is 3.20. The van der Waals surface area contributed by atoms with Crippen LogP contribution in [0.5, 0.6) is 11.5 Å². The summed E-state index contributed by atoms with van der Waals surface area (Å²) in [6.45, 7) is 0. The van der Waals surface area contributed by atoms with Crippen LogP contribution in [0.1, 0.15) is 12.0 Å². The van der Waals surface area contributed by atoms with Gasteiger partial charge in [0.25, 0.3) is 11.8 Å². The second-order valence-corrected chi connectivity index (χ2v) is 7.13. The van der Waals surface area contributed by atoms with Gasteiger partial charge in [0, 0.05) is 5.56 Å². The fourth-order valence-electron chi connectivity index (χ4n) is 3.93. The zero-order valence-corrected chi connectivity index (χ0v) is 14.4. The molecule has 0 unspecified atom stereocenters. The predicted molar refractivity (Wildman–Crippen MR) is 89.5 cm³/mol. The molecule has 0 radical (unpaired) electrons. The van der Waals surface area contributed by atoms with Gasteiger partial charge in [0.15, 0.2) is 0 Å². The summed E-state index contributed by atoms with van der Waals surface area (Å²) in [5.74, 6) is -0.267. The maximum absolute atomic E-state index is 12.5. The third-order valence-electron chi connectivity index (χ3n) is 5.06. The molecule has 1 aromatic rings. The Hall–Kier alpha value is -2.15. The van der Waals surface area contributed by atoms with E-state index in [0.29, 0.717) is 15.8 Å². The molecule has 2 amide bonds. The number of phenolic OH excluding ortho intramolecular Hbond substituents is 1. The molecule has 1 aliphatic heterocycles. The van der Waals surface area contributed by atoms with Crippen LogP contribution in [0.15, 0.2) is 33.9 Å². The Morgan fingerprint density at radius 2 is 1.88 bits per heavy atom. The number of hydrogen-bond acceptors (Lipinski definition) is 5. The average molecular weight is 391 g/mol. The minimum absolute atomic E-state index is 0.0272. The number of carbonyl (C=O) groups excluding carboxylic acids is 2. The minimum Gasteiger partial charge on any atom is -0.506 e. The number of halogens is 1. The fourth-order valence-corrected chi connectivity index (χ4v) is 4.39. The van der Waals surface area contributed by atoms with Crippen LogP contribution in [0.25, 0.3) is 0 Å². The molecule has 0 aromatic heterocycles. The SMILES string of the molecule is COc1cc(Br)c(O)c(/C=N\N2C(=O)[C@@H]3[C@H](C2=O)[C@H]2C=C[C@H]3C2)c1. The van der Waals surface area contributed by atoms with Crippen molar-refractivity contribution in [1.29, 1.82) is 0 Å². The van der Waals surface area contributed by atoms with Crippen LogP contribution in [0.2, 0.25) is 0 Å². The van der Waals surface area contributed by atoms with Crippen molar-refractivity contribution in [2.24, 2.45) is 28.8 Å². The number of nitrogens with zero attached hydrogens (tertiary/aromatic N) is 2. The van der Waals surface area contributed by atoms with Gasteiger partial charge >= 0.3 is 0 Å². The van der Waals surface area contributed by atoms with Gasteiger partial charge in [0.2, 0.25) is 0 Å². The van der Waals surface area contributed by atoms with E-state index >= 15 is 0 Å². The van der Waals surface area contributed by atoms with E-state index < -0.39 is 0 Å². The van der Waals surface area contributed by atoms with Crippen molar-refractivity contribution in [1.82, 2.24) is 5.01 Å². The molecule has 1 aromatic carbocycles. The second-order valence-electron chi connectivity index (χ2n) is 6.28. The number of carbonyl (C=O) groups is 2. The van der Waals surface area contributed by atoms with Gasteiger partial charge in [-0.2, -0.15) is 10.1 Å². The van der Waals surface area contributed by atoms with Crippen LogP contribution < -0.4 is 4.74 Å². The molecule has 1 heterocycles. The fraction of sp³-hybridized carbons (Fsp3) is 0.353. The van der Waals surface area contributed by atoms with Gasteiger partial charge in [-0.1, -0.05) is 12.2 Å². The molecule has 1 saturated heterocycles. The number of allylic oxidation sites excluding steroid dienone is 2. The Balaban J connectivity index is 1.63. The standard InChI is InChI=1S/C17H15BrN2O4/c1-24-11-5-10(15(21)12(18)6-11)7-19-20-16(22)13-8-2-3-9(4-8)14(13)17(20)23/h2-3,5-9,13-14,21H,4H2,1H3/b19-7-/t8-,9-,13-,14+/m0/s1. The quantitative estimate of drug-likeness (QED) is 0.487. The van der Waals surface area contributed by atoms with E-state index in [4.69, 9.17) is 4.74 Å². The van der Waals surface area contributed by atoms with Crippen molar-refractivity contribution in [2.45, 2.75) is 6.42 Å². The molecule has 0 spiro atoms. The molecular weight excluding hydrogens is 376 g/mol. The summed E-state index contributed by atoms with van der Waals surface area (Å²) in [6.07, 6.45) is 6.27. The van der Waals surface area contributed by atoms with Crippen molar-refractivity contribution in [3.05, 3.63) is 34.3 Å². The van der Waals surface area contributed by atoms with Crippen molar-refractivity contribution < 1.29 is 19.4 Å². The van der Waals surface area contributed by atoms with Gasteiger partial charge in [-0.3, -0.25) is 9.59 Å². The van der Waals surface area contributed by atoms with E-state index in [1.54, 1.807) is 12.1 Å². The maximum Gasteiger partial charge on any atom is 0.254 e. The molecule has 1 saturated carbocycles. The lowest BCUT2D eigenvalue weighted by Gasteiger charge is -2.13. The van der Waals surface area contributed by atoms with E-state index in [1.165, 1.54) is 13.3 Å². The number of rotatable bonds is 3. The van der Waals surface area contributed by atoms with Gasteiger partial charge in [-0.05, 0) is 46.3 Å². The number of methoxy groups -OCH3 is 1. The Labute approximate surface area is 146 Å². The van der Waals surface area contributed by atoms with E-state index in [0.717, 1.165) is 11.4 Å². The van der Waals surface area contributed by atoms with Crippen LogP contribution in [-0.2, 0) is 9.59 Å². The highest BCUT2D eigenvalue weighted by molar-refractivity contribution is 9.10. The highest BCUT2D eigenvalue weighted by Crippen LogP contribution is 2.52. The molecule has 4 rings (SSSR count). The first kappa shape index (κ1) is 15.4. The van der Waals surface area contributed by atoms with E-state index in [9.17, 15) is 14.7 Å². The lowest BCUT2D eigenvalue weighted by molar-refractivity contribution is -0.140. The van der Waals surface area contributed by atoms with Crippen molar-refractivity contribution in [3.63, 3.8) is 0 Å². The van der Waals surface area contributed by atoms with Gasteiger partial charge in [0.05, 0.1) is 29.6 Å². The molecule has 4 atom stereocenters. The van der Waals surface area contributed by atoms with E-state index in [1.807, 2.05) is 12.2 Å². The van der Waals surface area contributed by atoms with Crippen molar-refractivity contribution in [3.8, 4) is 11.5 Å². The van der Waals surface area contributed by atoms with Crippen LogP contribution >= 0.6 is 15.9 Å². The molecule has 3 aliphatic rings. The second kappa shape index (κ2) is 5.44. The number of aromatic hydroxyl groups is 1. The highest BCUT2D eigenvalue weighted by atomic mass is 79.9. The van der Waals surface area contributed by atoms with Crippen LogP contribution in [0.4, 0.5) is 0 Å². The zero-order chi connectivity index (χ0) is 17.0. The highest BCUT2D eigenvalue weighted by Gasteiger charge is 2.59. The Bertz CT molecular complexity index is 774. The Morgan fingerprint density at radius 1 is 1.25 bits per heavy atom. The number of fused-ring (bicyclic) bond motifs is 5. The summed E-state index contributed by atoms with van der Waals surface area (Å²) in [5, 5.41) is 15.1. The first-order valence-corrected chi connectivity index (χ1v) is 8.47. The smallest absolute Gasteiger partial charge is 0.254 e. The molecule has 6 nitrogen and oxygen atoms in total. The first-order chi connectivity index (χ1) is 11.5. The predicted octanol–water partition coefficient (Wildman–Crippen LogP) is 2.30. The van der Waals surface area contributed by atoms with E-state index in [-0.39, 0.29) is 41.2 Å². The van der Waals surface area contributed by atoms with E-state index in [2.05, 4.69) is 21.0 Å². The van der Waals surface area contributed by atoms with Crippen LogP contribution in [0.3, 0.4) is 0 Å². The number of hydrazone groups is 1. The largest absolute Gasteiger partial charge is 0.506 e. The zero-order valence-electron chi connectivity index (χ0n) is 12.8. The Kier molecular flexibility index (Phi) is 3.49. The first-order valence-electron chi connectivity index (χ1n) is 7.68. The van der Waals surface area contributed by atoms with Gasteiger partial charge in [-0.15, -0.1) is 0 Å². The average Bonchev–Trinajstić information content (AvgIpc) is 3.24. The van der Waals surface area contributed by atoms with Gasteiger partial charge in [-0.25, -0.2) is 0 Å². The molecule has 24 heavy (non-hydrogen) atoms. The van der Waals surface area contributed by atoms with Crippen molar-refractivity contribution in [2.75, 3.05) is 7.11 Å². The molecule has 2 fully saturated rings. The summed E-state index contributed by atoms with van der Waals surface area (Å²) in [4.78, 5) is 25.1. The number of benzene rings is 1. The summed E-state index contributed by atoms with van der Waals surface area (Å²) < 4.78 is 5.59. The number of hydrogen-bond donors (Lipinski definition) is 1. The van der Waals surface area contributed by atoms with Crippen LogP contribution in [-0.4, -0.2) is 35.3 Å². The summed E-state index contributed by atoms with van der Waals surface area (Å²) in [7, 11) is 1.51. The number of amides is 2. The summed E-state index contributed by atoms with van der Waals surface area (Å²) in [5.41, 5.74) is 0.361. The third-order valence-corrected chi connectivity index (χ3v) is 5.67. The maximum atomic E-state index is 12.5. The number of phenols is 1. The third kappa shape index (κ3) is 2.11. The number of imide groups is 1. The molecule has 2 aliphatic carbocycles. The van der Waals surface area contributed by atoms with Gasteiger partial charge < -0.3 is 9.84 Å². The lowest BCUT2D eigenvalue weighted by atomic mass is 9.85. The van der Waals surface area contributed by atoms with Crippen LogP contribution in [0, 0.1) is 23.7 Å². The molecule has 2 bridgehead atoms.